The molecule has 0 aromatic heterocycles. The number of benzene rings is 2. The number of phenols is 1. The molecule has 7 unspecified atom stereocenters. The highest BCUT2D eigenvalue weighted by atomic mass is 16.6. The highest BCUT2D eigenvalue weighted by Gasteiger charge is 2.70. The van der Waals surface area contributed by atoms with Crippen molar-refractivity contribution in [3.63, 3.8) is 0 Å². The number of carbonyl (C=O) groups excluding carboxylic acids is 3. The fraction of sp³-hybridized carbons (Fsp3) is 0.639. The van der Waals surface area contributed by atoms with Gasteiger partial charge >= 0.3 is 17.9 Å². The van der Waals surface area contributed by atoms with Gasteiger partial charge < -0.3 is 19.3 Å². The lowest BCUT2D eigenvalue weighted by atomic mass is 9.78. The summed E-state index contributed by atoms with van der Waals surface area (Å²) in [4.78, 5) is 38.4. The third-order valence-corrected chi connectivity index (χ3v) is 11.0. The largest absolute Gasteiger partial charge is 0.508 e. The molecule has 0 spiro atoms. The molecule has 3 aliphatic carbocycles. The van der Waals surface area contributed by atoms with E-state index in [1.54, 1.807) is 6.07 Å². The van der Waals surface area contributed by atoms with Crippen LogP contribution in [0.4, 0.5) is 0 Å². The second-order valence-corrected chi connectivity index (χ2v) is 13.9. The van der Waals surface area contributed by atoms with Crippen molar-refractivity contribution in [1.29, 1.82) is 0 Å². The molecule has 6 rings (SSSR count). The molecule has 1 saturated heterocycles. The maximum Gasteiger partial charge on any atom is 0.311 e. The number of fused-ring (bicyclic) bond motifs is 2. The standard InChI is InChI=1S/C22H32O6.C14H16O/c1-5-21(3,4)20(25)27-17-13-11-12-14(18(23)26-16(12)17)15(13)19(24)28-22(6-2)9-7-8-10-22;1-3-10(2)12-5-4-11-6-7-14(15)9-13(11)8-12/h12-17H,5-11H2,1-4H3;4-10,15H,3H2,1-2H3. The fourth-order valence-corrected chi connectivity index (χ4v) is 7.52. The highest BCUT2D eigenvalue weighted by Crippen LogP contribution is 2.59. The molecule has 4 fully saturated rings. The van der Waals surface area contributed by atoms with Crippen LogP contribution in [0.25, 0.3) is 10.8 Å². The van der Waals surface area contributed by atoms with E-state index in [-0.39, 0.29) is 29.7 Å². The van der Waals surface area contributed by atoms with E-state index >= 15 is 0 Å². The highest BCUT2D eigenvalue weighted by molar-refractivity contribution is 5.87. The normalized spacial score (nSPS) is 29.1. The Labute approximate surface area is 255 Å². The Morgan fingerprint density at radius 2 is 1.74 bits per heavy atom. The first-order chi connectivity index (χ1) is 20.4. The lowest BCUT2D eigenvalue weighted by molar-refractivity contribution is -0.178. The van der Waals surface area contributed by atoms with Crippen LogP contribution in [0.3, 0.4) is 0 Å². The minimum Gasteiger partial charge on any atom is -0.508 e. The molecule has 7 atom stereocenters. The number of rotatable bonds is 8. The van der Waals surface area contributed by atoms with Crippen molar-refractivity contribution in [1.82, 2.24) is 0 Å². The third kappa shape index (κ3) is 5.88. The van der Waals surface area contributed by atoms with Crippen molar-refractivity contribution in [2.24, 2.45) is 29.1 Å². The molecule has 2 aromatic rings. The summed E-state index contributed by atoms with van der Waals surface area (Å²) in [5.74, 6) is -1.22. The summed E-state index contributed by atoms with van der Waals surface area (Å²) in [7, 11) is 0. The third-order valence-electron chi connectivity index (χ3n) is 11.0. The van der Waals surface area contributed by atoms with Crippen molar-refractivity contribution in [3.05, 3.63) is 42.0 Å². The van der Waals surface area contributed by atoms with Gasteiger partial charge in [0.05, 0.1) is 17.3 Å². The molecule has 0 radical (unpaired) electrons. The monoisotopic (exact) mass is 592 g/mol. The summed E-state index contributed by atoms with van der Waals surface area (Å²) in [6, 6.07) is 12.0. The van der Waals surface area contributed by atoms with Crippen LogP contribution in [0.15, 0.2) is 36.4 Å². The zero-order chi connectivity index (χ0) is 31.1. The van der Waals surface area contributed by atoms with E-state index in [1.807, 2.05) is 32.9 Å². The van der Waals surface area contributed by atoms with Gasteiger partial charge in [0.1, 0.15) is 23.6 Å². The lowest BCUT2D eigenvalue weighted by Gasteiger charge is -2.35. The quantitative estimate of drug-likeness (QED) is 0.251. The number of hydrogen-bond acceptors (Lipinski definition) is 7. The Balaban J connectivity index is 0.000000207. The van der Waals surface area contributed by atoms with Crippen LogP contribution in [0.1, 0.15) is 104 Å². The summed E-state index contributed by atoms with van der Waals surface area (Å²) in [5.41, 5.74) is 0.350. The number of carbonyl (C=O) groups is 3. The summed E-state index contributed by atoms with van der Waals surface area (Å²) in [6.07, 6.45) is 6.24. The van der Waals surface area contributed by atoms with E-state index < -0.39 is 35.1 Å². The van der Waals surface area contributed by atoms with Crippen LogP contribution in [0.5, 0.6) is 5.75 Å². The molecule has 0 amide bonds. The minimum atomic E-state index is -0.601. The fourth-order valence-electron chi connectivity index (χ4n) is 7.52. The van der Waals surface area contributed by atoms with Crippen LogP contribution in [0.2, 0.25) is 0 Å². The predicted molar refractivity (Wildman–Crippen MR) is 164 cm³/mol. The van der Waals surface area contributed by atoms with Gasteiger partial charge in [0.25, 0.3) is 0 Å². The number of aromatic hydroxyl groups is 1. The van der Waals surface area contributed by atoms with E-state index in [2.05, 4.69) is 39.0 Å². The van der Waals surface area contributed by atoms with E-state index in [0.717, 1.165) is 43.9 Å². The van der Waals surface area contributed by atoms with Gasteiger partial charge in [0.15, 0.2) is 0 Å². The van der Waals surface area contributed by atoms with Crippen molar-refractivity contribution in [3.8, 4) is 5.75 Å². The molecule has 3 saturated carbocycles. The van der Waals surface area contributed by atoms with Crippen molar-refractivity contribution >= 4 is 28.7 Å². The molecule has 2 bridgehead atoms. The predicted octanol–water partition coefficient (Wildman–Crippen LogP) is 7.47. The first-order valence-electron chi connectivity index (χ1n) is 16.3. The first-order valence-corrected chi connectivity index (χ1v) is 16.3. The number of ether oxygens (including phenoxy) is 3. The Morgan fingerprint density at radius 1 is 1.05 bits per heavy atom. The molecule has 2 aromatic carbocycles. The van der Waals surface area contributed by atoms with Gasteiger partial charge in [0, 0.05) is 11.8 Å². The Hall–Kier alpha value is -3.09. The summed E-state index contributed by atoms with van der Waals surface area (Å²) in [6.45, 7) is 12.1. The first kappa shape index (κ1) is 31.3. The summed E-state index contributed by atoms with van der Waals surface area (Å²) < 4.78 is 17.5. The number of esters is 3. The average molecular weight is 593 g/mol. The molecular weight excluding hydrogens is 544 g/mol. The Kier molecular flexibility index (Phi) is 8.84. The van der Waals surface area contributed by atoms with Gasteiger partial charge in [-0.05, 0) is 99.6 Å². The molecule has 1 aliphatic heterocycles. The second kappa shape index (κ2) is 12.1. The van der Waals surface area contributed by atoms with Crippen molar-refractivity contribution in [2.45, 2.75) is 117 Å². The molecular formula is C36H48O7. The summed E-state index contributed by atoms with van der Waals surface area (Å²) >= 11 is 0. The van der Waals surface area contributed by atoms with Crippen LogP contribution in [-0.4, -0.2) is 40.8 Å². The maximum absolute atomic E-state index is 13.2. The van der Waals surface area contributed by atoms with E-state index in [9.17, 15) is 19.5 Å². The lowest BCUT2D eigenvalue weighted by Crippen LogP contribution is -2.46. The van der Waals surface area contributed by atoms with E-state index in [4.69, 9.17) is 14.2 Å². The molecule has 1 N–H and O–H groups in total. The number of hydrogen-bond donors (Lipinski definition) is 1. The van der Waals surface area contributed by atoms with Crippen LogP contribution < -0.4 is 0 Å². The van der Waals surface area contributed by atoms with Gasteiger partial charge in [-0.3, -0.25) is 14.4 Å². The van der Waals surface area contributed by atoms with Crippen LogP contribution in [0, 0.1) is 29.1 Å². The van der Waals surface area contributed by atoms with Crippen molar-refractivity contribution < 1.29 is 33.7 Å². The molecule has 234 valence electrons. The van der Waals surface area contributed by atoms with Gasteiger partial charge in [-0.1, -0.05) is 52.0 Å². The van der Waals surface area contributed by atoms with Gasteiger partial charge in [-0.25, -0.2) is 0 Å². The Bertz CT molecular complexity index is 1360. The average Bonchev–Trinajstić information content (AvgIpc) is 3.75. The maximum atomic E-state index is 13.2. The molecule has 7 heteroatoms. The second-order valence-electron chi connectivity index (χ2n) is 13.9. The van der Waals surface area contributed by atoms with E-state index in [0.29, 0.717) is 24.5 Å². The molecule has 1 heterocycles. The smallest absolute Gasteiger partial charge is 0.311 e. The van der Waals surface area contributed by atoms with Gasteiger partial charge in [-0.2, -0.15) is 0 Å². The Morgan fingerprint density at radius 3 is 2.40 bits per heavy atom. The van der Waals surface area contributed by atoms with Crippen LogP contribution in [-0.2, 0) is 28.6 Å². The zero-order valence-corrected chi connectivity index (χ0v) is 26.6. The van der Waals surface area contributed by atoms with Gasteiger partial charge in [0.2, 0.25) is 0 Å². The SMILES string of the molecule is CCC(C)c1ccc2ccc(O)cc2c1.CCC1(OC(=O)C2C3CC4C(OC(=O)C42)C3OC(=O)C(C)(C)CC)CCCC1. The van der Waals surface area contributed by atoms with Crippen LogP contribution >= 0.6 is 0 Å². The summed E-state index contributed by atoms with van der Waals surface area (Å²) in [5, 5.41) is 11.7. The topological polar surface area (TPSA) is 99.1 Å². The van der Waals surface area contributed by atoms with E-state index in [1.165, 1.54) is 10.9 Å². The minimum absolute atomic E-state index is 0.0428. The molecule has 7 nitrogen and oxygen atoms in total. The zero-order valence-electron chi connectivity index (χ0n) is 26.6. The number of phenolic OH excluding ortho intramolecular Hbond substituents is 1. The van der Waals surface area contributed by atoms with Gasteiger partial charge in [-0.15, -0.1) is 0 Å². The molecule has 43 heavy (non-hydrogen) atoms. The molecule has 4 aliphatic rings. The van der Waals surface area contributed by atoms with Crippen molar-refractivity contribution in [2.75, 3.05) is 0 Å².